The summed E-state index contributed by atoms with van der Waals surface area (Å²) >= 11 is 5.98. The average Bonchev–Trinajstić information content (AvgIpc) is 2.74. The highest BCUT2D eigenvalue weighted by Crippen LogP contribution is 2.29. The van der Waals surface area contributed by atoms with Gasteiger partial charge in [-0.3, -0.25) is 5.43 Å². The summed E-state index contributed by atoms with van der Waals surface area (Å²) in [6, 6.07) is 18.0. The van der Waals surface area contributed by atoms with Crippen molar-refractivity contribution in [1.82, 2.24) is 9.97 Å². The molecule has 1 heterocycles. The zero-order valence-electron chi connectivity index (χ0n) is 15.5. The van der Waals surface area contributed by atoms with Crippen molar-refractivity contribution in [3.8, 4) is 22.9 Å². The van der Waals surface area contributed by atoms with Crippen molar-refractivity contribution in [2.75, 3.05) is 5.43 Å². The van der Waals surface area contributed by atoms with Crippen LogP contribution >= 0.6 is 11.6 Å². The van der Waals surface area contributed by atoms with Crippen LogP contribution in [-0.4, -0.2) is 26.4 Å². The molecule has 4 aromatic rings. The topological polar surface area (TPSA) is 90.6 Å². The zero-order valence-corrected chi connectivity index (χ0v) is 16.2. The summed E-state index contributed by atoms with van der Waals surface area (Å²) in [6.45, 7) is 1.63. The van der Waals surface area contributed by atoms with E-state index in [0.29, 0.717) is 27.8 Å². The maximum atomic E-state index is 10.1. The summed E-state index contributed by atoms with van der Waals surface area (Å²) in [4.78, 5) is 9.23. The summed E-state index contributed by atoms with van der Waals surface area (Å²) < 4.78 is 0. The van der Waals surface area contributed by atoms with E-state index in [1.54, 1.807) is 25.1 Å². The van der Waals surface area contributed by atoms with Crippen LogP contribution in [0.25, 0.3) is 22.3 Å². The van der Waals surface area contributed by atoms with Gasteiger partial charge in [0.25, 0.3) is 0 Å². The smallest absolute Gasteiger partial charge is 0.162 e. The second kappa shape index (κ2) is 7.77. The summed E-state index contributed by atoms with van der Waals surface area (Å²) in [6.07, 6.45) is 1.47. The molecule has 0 aliphatic rings. The van der Waals surface area contributed by atoms with Crippen LogP contribution in [0.5, 0.6) is 11.5 Å². The maximum Gasteiger partial charge on any atom is 0.162 e. The molecule has 0 aliphatic heterocycles. The largest absolute Gasteiger partial charge is 0.508 e. The van der Waals surface area contributed by atoms with Crippen molar-refractivity contribution in [2.45, 2.75) is 6.92 Å². The number of hydrogen-bond acceptors (Lipinski definition) is 6. The molecule has 0 amide bonds. The molecular weight excluding hydrogens is 388 g/mol. The van der Waals surface area contributed by atoms with Crippen LogP contribution in [0, 0.1) is 6.92 Å². The summed E-state index contributed by atoms with van der Waals surface area (Å²) in [7, 11) is 0. The molecule has 3 aromatic carbocycles. The third kappa shape index (κ3) is 3.83. The van der Waals surface area contributed by atoms with Crippen LogP contribution in [0.1, 0.15) is 11.1 Å². The molecule has 0 radical (unpaired) electrons. The Balaban J connectivity index is 1.71. The third-order valence-corrected chi connectivity index (χ3v) is 4.77. The first kappa shape index (κ1) is 18.7. The molecular formula is C22H17ClN4O2. The molecule has 7 heteroatoms. The van der Waals surface area contributed by atoms with Crippen LogP contribution in [0.15, 0.2) is 65.8 Å². The zero-order chi connectivity index (χ0) is 20.4. The Hall–Kier alpha value is -3.64. The van der Waals surface area contributed by atoms with Gasteiger partial charge in [0.2, 0.25) is 0 Å². The van der Waals surface area contributed by atoms with Gasteiger partial charge in [-0.2, -0.15) is 5.10 Å². The van der Waals surface area contributed by atoms with Crippen LogP contribution in [0.4, 0.5) is 5.82 Å². The quantitative estimate of drug-likeness (QED) is 0.324. The lowest BCUT2D eigenvalue weighted by Crippen LogP contribution is -1.99. The minimum Gasteiger partial charge on any atom is -0.508 e. The van der Waals surface area contributed by atoms with Gasteiger partial charge in [-0.05, 0) is 55.5 Å². The average molecular weight is 405 g/mol. The number of para-hydroxylation sites is 1. The first-order valence-corrected chi connectivity index (χ1v) is 9.24. The van der Waals surface area contributed by atoms with Gasteiger partial charge < -0.3 is 10.2 Å². The van der Waals surface area contributed by atoms with E-state index < -0.39 is 0 Å². The number of fused-ring (bicyclic) bond motifs is 1. The number of hydrogen-bond donors (Lipinski definition) is 3. The van der Waals surface area contributed by atoms with Crippen LogP contribution in [0.2, 0.25) is 5.02 Å². The van der Waals surface area contributed by atoms with Gasteiger partial charge in [-0.25, -0.2) is 9.97 Å². The number of phenols is 2. The van der Waals surface area contributed by atoms with Gasteiger partial charge >= 0.3 is 0 Å². The highest BCUT2D eigenvalue weighted by molar-refractivity contribution is 6.30. The van der Waals surface area contributed by atoms with Crippen molar-refractivity contribution >= 4 is 34.5 Å². The van der Waals surface area contributed by atoms with E-state index in [0.717, 1.165) is 16.5 Å². The Bertz CT molecular complexity index is 1220. The summed E-state index contributed by atoms with van der Waals surface area (Å²) in [5.74, 6) is 1.08. The minimum atomic E-state index is -0.0232. The molecule has 4 rings (SSSR count). The molecule has 0 saturated heterocycles. The van der Waals surface area contributed by atoms with Gasteiger partial charge in [0.15, 0.2) is 11.6 Å². The van der Waals surface area contributed by atoms with Crippen LogP contribution in [-0.2, 0) is 0 Å². The highest BCUT2D eigenvalue weighted by Gasteiger charge is 2.10. The number of aromatic nitrogens is 2. The first-order chi connectivity index (χ1) is 14.0. The van der Waals surface area contributed by atoms with E-state index in [2.05, 4.69) is 20.5 Å². The molecule has 3 N–H and O–H groups in total. The molecule has 0 saturated carbocycles. The fourth-order valence-corrected chi connectivity index (χ4v) is 2.99. The molecule has 6 nitrogen and oxygen atoms in total. The predicted octanol–water partition coefficient (Wildman–Crippen LogP) is 5.12. The van der Waals surface area contributed by atoms with E-state index >= 15 is 0 Å². The lowest BCUT2D eigenvalue weighted by Gasteiger charge is -2.09. The number of nitrogens with zero attached hydrogens (tertiary/aromatic N) is 3. The van der Waals surface area contributed by atoms with Crippen molar-refractivity contribution in [3.05, 3.63) is 76.8 Å². The number of hydrazone groups is 1. The molecule has 0 unspecified atom stereocenters. The van der Waals surface area contributed by atoms with E-state index in [4.69, 9.17) is 11.6 Å². The maximum absolute atomic E-state index is 10.1. The Labute approximate surface area is 172 Å². The van der Waals surface area contributed by atoms with E-state index in [9.17, 15) is 10.2 Å². The van der Waals surface area contributed by atoms with Crippen molar-refractivity contribution in [3.63, 3.8) is 0 Å². The van der Waals surface area contributed by atoms with Crippen molar-refractivity contribution in [1.29, 1.82) is 0 Å². The predicted molar refractivity (Wildman–Crippen MR) is 116 cm³/mol. The van der Waals surface area contributed by atoms with Gasteiger partial charge in [0.05, 0.1) is 11.7 Å². The van der Waals surface area contributed by atoms with Crippen LogP contribution in [0.3, 0.4) is 0 Å². The third-order valence-electron chi connectivity index (χ3n) is 4.51. The minimum absolute atomic E-state index is 0.0232. The number of nitrogens with one attached hydrogen (secondary N) is 1. The molecule has 0 bridgehead atoms. The number of anilines is 1. The number of aromatic hydroxyl groups is 2. The fraction of sp³-hybridized carbons (Fsp3) is 0.0455. The molecule has 0 fully saturated rings. The van der Waals surface area contributed by atoms with Gasteiger partial charge in [-0.1, -0.05) is 23.7 Å². The Morgan fingerprint density at radius 1 is 0.966 bits per heavy atom. The SMILES string of the molecule is Cc1c(O)ccc(C=NNc2nc(-c3ccc(Cl)cc3)nc3ccccc23)c1O. The first-order valence-electron chi connectivity index (χ1n) is 8.86. The van der Waals surface area contributed by atoms with Crippen molar-refractivity contribution < 1.29 is 10.2 Å². The van der Waals surface area contributed by atoms with E-state index in [1.807, 2.05) is 36.4 Å². The van der Waals surface area contributed by atoms with Crippen molar-refractivity contribution in [2.24, 2.45) is 5.10 Å². The summed E-state index contributed by atoms with van der Waals surface area (Å²) in [5, 5.41) is 25.5. The fourth-order valence-electron chi connectivity index (χ4n) is 2.87. The standard InChI is InChI=1S/C22H17ClN4O2/c1-13-19(28)11-8-15(20(13)29)12-24-27-22-17-4-2-3-5-18(17)25-21(26-22)14-6-9-16(23)10-7-14/h2-12,28-29H,1H3,(H,25,26,27). The van der Waals surface area contributed by atoms with Gasteiger partial charge in [0, 0.05) is 27.1 Å². The molecule has 0 atom stereocenters. The lowest BCUT2D eigenvalue weighted by atomic mass is 10.1. The van der Waals surface area contributed by atoms with E-state index in [-0.39, 0.29) is 11.5 Å². The molecule has 0 spiro atoms. The number of benzene rings is 3. The normalized spacial score (nSPS) is 11.2. The van der Waals surface area contributed by atoms with E-state index in [1.165, 1.54) is 12.3 Å². The second-order valence-corrected chi connectivity index (χ2v) is 6.87. The number of halogens is 1. The number of phenolic OH excluding ortho intramolecular Hbond substituents is 2. The Morgan fingerprint density at radius 3 is 2.52 bits per heavy atom. The molecule has 144 valence electrons. The summed E-state index contributed by atoms with van der Waals surface area (Å²) in [5.41, 5.74) is 5.41. The second-order valence-electron chi connectivity index (χ2n) is 6.44. The Morgan fingerprint density at radius 2 is 1.72 bits per heavy atom. The lowest BCUT2D eigenvalue weighted by molar-refractivity contribution is 0.442. The molecule has 29 heavy (non-hydrogen) atoms. The molecule has 1 aromatic heterocycles. The van der Waals surface area contributed by atoms with Gasteiger partial charge in [0.1, 0.15) is 11.5 Å². The number of rotatable bonds is 4. The highest BCUT2D eigenvalue weighted by atomic mass is 35.5. The monoisotopic (exact) mass is 404 g/mol. The van der Waals surface area contributed by atoms with Crippen LogP contribution < -0.4 is 5.43 Å². The Kier molecular flexibility index (Phi) is 5.01. The molecule has 0 aliphatic carbocycles. The van der Waals surface area contributed by atoms with Gasteiger partial charge in [-0.15, -0.1) is 0 Å².